The van der Waals surface area contributed by atoms with Gasteiger partial charge in [0.05, 0.1) is 19.3 Å². The normalized spacial score (nSPS) is 13.3. The molecule has 0 unspecified atom stereocenters. The summed E-state index contributed by atoms with van der Waals surface area (Å²) in [6.45, 7) is 6.16. The first-order valence-electron chi connectivity index (χ1n) is 9.52. The van der Waals surface area contributed by atoms with Crippen LogP contribution < -0.4 is 10.6 Å². The standard InChI is InChI=1S/C19H27F3N2O5S/c1-6-9-10-13(25)23-18(19(20,21)22,17(27)29-8-3)24-15-14(16(26)28-5)12(7-2)11(4)30-15/h24H,6-10H2,1-5H3,(H,23,25)/t18-/m0/s1. The number of ether oxygens (including phenoxy) is 2. The Morgan fingerprint density at radius 3 is 2.23 bits per heavy atom. The molecule has 1 aromatic heterocycles. The molecule has 2 N–H and O–H groups in total. The van der Waals surface area contributed by atoms with Crippen LogP contribution in [0.25, 0.3) is 0 Å². The number of hydrogen-bond donors (Lipinski definition) is 2. The first-order chi connectivity index (χ1) is 14.0. The fourth-order valence-corrected chi connectivity index (χ4v) is 4.01. The topological polar surface area (TPSA) is 93.7 Å². The third kappa shape index (κ3) is 5.44. The van der Waals surface area contributed by atoms with E-state index in [9.17, 15) is 27.6 Å². The monoisotopic (exact) mass is 452 g/mol. The van der Waals surface area contributed by atoms with E-state index in [1.54, 1.807) is 26.1 Å². The maximum Gasteiger partial charge on any atom is 0.441 e. The van der Waals surface area contributed by atoms with Gasteiger partial charge in [-0.15, -0.1) is 11.3 Å². The molecule has 170 valence electrons. The zero-order chi connectivity index (χ0) is 23.1. The molecule has 1 heterocycles. The Kier molecular flexibility index (Phi) is 9.13. The number of esters is 2. The van der Waals surface area contributed by atoms with Crippen LogP contribution in [0.3, 0.4) is 0 Å². The summed E-state index contributed by atoms with van der Waals surface area (Å²) < 4.78 is 52.1. The van der Waals surface area contributed by atoms with E-state index in [0.717, 1.165) is 18.4 Å². The Labute approximate surface area is 177 Å². The summed E-state index contributed by atoms with van der Waals surface area (Å²) in [6.07, 6.45) is -4.19. The molecule has 0 aromatic carbocycles. The van der Waals surface area contributed by atoms with E-state index >= 15 is 0 Å². The molecule has 11 heteroatoms. The third-order valence-electron chi connectivity index (χ3n) is 4.34. The molecule has 0 spiro atoms. The lowest BCUT2D eigenvalue weighted by Gasteiger charge is -2.35. The highest BCUT2D eigenvalue weighted by Gasteiger charge is 2.64. The van der Waals surface area contributed by atoms with E-state index in [-0.39, 0.29) is 23.6 Å². The molecule has 0 saturated heterocycles. The number of alkyl halides is 3. The van der Waals surface area contributed by atoms with Gasteiger partial charge in [-0.1, -0.05) is 20.3 Å². The highest BCUT2D eigenvalue weighted by molar-refractivity contribution is 7.16. The summed E-state index contributed by atoms with van der Waals surface area (Å²) >= 11 is 0.862. The summed E-state index contributed by atoms with van der Waals surface area (Å²) in [5.74, 6) is -3.54. The van der Waals surface area contributed by atoms with E-state index < -0.39 is 29.7 Å². The second-order valence-electron chi connectivity index (χ2n) is 6.43. The van der Waals surface area contributed by atoms with Gasteiger partial charge in [0.1, 0.15) is 5.00 Å². The fourth-order valence-electron chi connectivity index (χ4n) is 2.82. The van der Waals surface area contributed by atoms with Crippen molar-refractivity contribution in [3.8, 4) is 0 Å². The van der Waals surface area contributed by atoms with Gasteiger partial charge in [-0.2, -0.15) is 13.2 Å². The highest BCUT2D eigenvalue weighted by atomic mass is 32.1. The van der Waals surface area contributed by atoms with Crippen molar-refractivity contribution in [2.45, 2.75) is 65.2 Å². The van der Waals surface area contributed by atoms with Crippen LogP contribution in [0.1, 0.15) is 60.8 Å². The maximum atomic E-state index is 14.2. The molecule has 0 aliphatic rings. The van der Waals surface area contributed by atoms with Gasteiger partial charge >= 0.3 is 23.8 Å². The summed E-state index contributed by atoms with van der Waals surface area (Å²) in [7, 11) is 1.10. The number of methoxy groups -OCH3 is 1. The fraction of sp³-hybridized carbons (Fsp3) is 0.632. The SMILES string of the molecule is CCCCC(=O)N[C@](Nc1sc(C)c(CC)c1C(=O)OC)(C(=O)OCC)C(F)(F)F. The van der Waals surface area contributed by atoms with Crippen molar-refractivity contribution in [2.24, 2.45) is 0 Å². The van der Waals surface area contributed by atoms with Gasteiger partial charge in [-0.05, 0) is 32.3 Å². The lowest BCUT2D eigenvalue weighted by Crippen LogP contribution is -2.69. The van der Waals surface area contributed by atoms with E-state index in [4.69, 9.17) is 4.74 Å². The van der Waals surface area contributed by atoms with Crippen LogP contribution in [0.2, 0.25) is 0 Å². The first kappa shape index (κ1) is 25.7. The molecule has 1 amide bonds. The number of anilines is 1. The Hall–Kier alpha value is -2.30. The number of halogens is 3. The van der Waals surface area contributed by atoms with Crippen molar-refractivity contribution in [2.75, 3.05) is 19.0 Å². The lowest BCUT2D eigenvalue weighted by atomic mass is 10.1. The van der Waals surface area contributed by atoms with E-state index in [1.165, 1.54) is 6.92 Å². The minimum Gasteiger partial charge on any atom is -0.465 e. The van der Waals surface area contributed by atoms with Crippen molar-refractivity contribution >= 4 is 34.2 Å². The van der Waals surface area contributed by atoms with E-state index in [1.807, 2.05) is 0 Å². The second-order valence-corrected chi connectivity index (χ2v) is 7.66. The predicted molar refractivity (Wildman–Crippen MR) is 106 cm³/mol. The molecule has 1 aromatic rings. The summed E-state index contributed by atoms with van der Waals surface area (Å²) in [5, 5.41) is 3.63. The maximum absolute atomic E-state index is 14.2. The van der Waals surface area contributed by atoms with Crippen molar-refractivity contribution in [1.29, 1.82) is 0 Å². The zero-order valence-electron chi connectivity index (χ0n) is 17.6. The van der Waals surface area contributed by atoms with Crippen LogP contribution >= 0.6 is 11.3 Å². The Morgan fingerprint density at radius 1 is 1.13 bits per heavy atom. The highest BCUT2D eigenvalue weighted by Crippen LogP contribution is 2.40. The number of rotatable bonds is 10. The van der Waals surface area contributed by atoms with Gasteiger partial charge < -0.3 is 20.1 Å². The molecular weight excluding hydrogens is 425 g/mol. The molecule has 0 saturated carbocycles. The molecule has 0 fully saturated rings. The van der Waals surface area contributed by atoms with Crippen molar-refractivity contribution < 1.29 is 37.0 Å². The second kappa shape index (κ2) is 10.6. The van der Waals surface area contributed by atoms with Crippen LogP contribution in [-0.4, -0.2) is 43.4 Å². The van der Waals surface area contributed by atoms with Gasteiger partial charge in [-0.3, -0.25) is 4.79 Å². The number of thiophene rings is 1. The Balaban J connectivity index is 3.61. The lowest BCUT2D eigenvalue weighted by molar-refractivity contribution is -0.207. The molecule has 0 aliphatic heterocycles. The largest absolute Gasteiger partial charge is 0.465 e. The van der Waals surface area contributed by atoms with Crippen molar-refractivity contribution in [3.05, 3.63) is 16.0 Å². The van der Waals surface area contributed by atoms with E-state index in [0.29, 0.717) is 29.7 Å². The Bertz CT molecular complexity index is 779. The quantitative estimate of drug-likeness (QED) is 0.413. The first-order valence-corrected chi connectivity index (χ1v) is 10.3. The summed E-state index contributed by atoms with van der Waals surface area (Å²) in [5.41, 5.74) is -3.17. The summed E-state index contributed by atoms with van der Waals surface area (Å²) in [4.78, 5) is 37.6. The van der Waals surface area contributed by atoms with Crippen LogP contribution in [0, 0.1) is 6.92 Å². The number of carbonyl (C=O) groups is 3. The number of carbonyl (C=O) groups excluding carboxylic acids is 3. The van der Waals surface area contributed by atoms with Crippen LogP contribution in [0.4, 0.5) is 18.2 Å². The molecule has 30 heavy (non-hydrogen) atoms. The van der Waals surface area contributed by atoms with Gasteiger partial charge in [0.2, 0.25) is 5.91 Å². The average molecular weight is 452 g/mol. The molecule has 1 atom stereocenters. The number of hydrogen-bond acceptors (Lipinski definition) is 7. The van der Waals surface area contributed by atoms with Crippen LogP contribution in [-0.2, 0) is 25.5 Å². The number of aryl methyl sites for hydroxylation is 1. The third-order valence-corrected chi connectivity index (χ3v) is 5.41. The number of amides is 1. The molecule has 1 rings (SSSR count). The van der Waals surface area contributed by atoms with Gasteiger partial charge in [0.15, 0.2) is 0 Å². The molecule has 0 radical (unpaired) electrons. The van der Waals surface area contributed by atoms with E-state index in [2.05, 4.69) is 10.1 Å². The Morgan fingerprint density at radius 2 is 1.77 bits per heavy atom. The minimum absolute atomic E-state index is 0.108. The van der Waals surface area contributed by atoms with Gasteiger partial charge in [0, 0.05) is 11.3 Å². The number of nitrogens with one attached hydrogen (secondary N) is 2. The van der Waals surface area contributed by atoms with Crippen molar-refractivity contribution in [1.82, 2.24) is 5.32 Å². The predicted octanol–water partition coefficient (Wildman–Crippen LogP) is 3.95. The van der Waals surface area contributed by atoms with Gasteiger partial charge in [0.25, 0.3) is 0 Å². The van der Waals surface area contributed by atoms with Crippen LogP contribution in [0.5, 0.6) is 0 Å². The van der Waals surface area contributed by atoms with Crippen LogP contribution in [0.15, 0.2) is 0 Å². The zero-order valence-corrected chi connectivity index (χ0v) is 18.4. The summed E-state index contributed by atoms with van der Waals surface area (Å²) in [6, 6.07) is 0. The number of unbranched alkanes of at least 4 members (excludes halogenated alkanes) is 1. The molecular formula is C19H27F3N2O5S. The minimum atomic E-state index is -5.27. The van der Waals surface area contributed by atoms with Gasteiger partial charge in [-0.25, -0.2) is 9.59 Å². The average Bonchev–Trinajstić information content (AvgIpc) is 2.98. The molecule has 0 aliphatic carbocycles. The van der Waals surface area contributed by atoms with Crippen molar-refractivity contribution in [3.63, 3.8) is 0 Å². The molecule has 7 nitrogen and oxygen atoms in total. The smallest absolute Gasteiger partial charge is 0.441 e. The molecule has 0 bridgehead atoms.